The van der Waals surface area contributed by atoms with Crippen molar-refractivity contribution >= 4 is 0 Å². The van der Waals surface area contributed by atoms with E-state index in [0.29, 0.717) is 13.2 Å². The van der Waals surface area contributed by atoms with Gasteiger partial charge in [0, 0.05) is 13.2 Å². The molecule has 30 heavy (non-hydrogen) atoms. The molecule has 0 rings (SSSR count). The van der Waals surface area contributed by atoms with Gasteiger partial charge in [-0.05, 0) is 12.8 Å². The molecule has 0 spiro atoms. The molecule has 0 aliphatic rings. The Morgan fingerprint density at radius 3 is 1.43 bits per heavy atom. The molecule has 0 amide bonds. The molecular formula is C24H50O6. The molecule has 0 bridgehead atoms. The molecule has 0 aromatic carbocycles. The summed E-state index contributed by atoms with van der Waals surface area (Å²) < 4.78 is 11.6. The molecule has 6 nitrogen and oxygen atoms in total. The first-order valence-corrected chi connectivity index (χ1v) is 12.4. The van der Waals surface area contributed by atoms with Crippen LogP contribution in [0, 0.1) is 0 Å². The van der Waals surface area contributed by atoms with Crippen molar-refractivity contribution in [1.82, 2.24) is 0 Å². The van der Waals surface area contributed by atoms with Crippen molar-refractivity contribution in [3.05, 3.63) is 0 Å². The molecule has 0 aliphatic heterocycles. The average Bonchev–Trinajstić information content (AvgIpc) is 2.76. The lowest BCUT2D eigenvalue weighted by atomic mass is 10.0. The number of unbranched alkanes of at least 4 members (excludes halogenated alkanes) is 12. The topological polar surface area (TPSA) is 99.4 Å². The molecule has 0 aliphatic carbocycles. The lowest BCUT2D eigenvalue weighted by Crippen LogP contribution is -2.50. The van der Waals surface area contributed by atoms with Crippen molar-refractivity contribution in [1.29, 1.82) is 0 Å². The summed E-state index contributed by atoms with van der Waals surface area (Å²) in [5.41, 5.74) is 0. The Bertz CT molecular complexity index is 342. The van der Waals surface area contributed by atoms with Crippen molar-refractivity contribution in [3.63, 3.8) is 0 Å². The fraction of sp³-hybridized carbons (Fsp3) is 1.00. The van der Waals surface area contributed by atoms with Crippen LogP contribution in [0.5, 0.6) is 0 Å². The first-order valence-electron chi connectivity index (χ1n) is 12.4. The molecule has 4 atom stereocenters. The molecule has 0 heterocycles. The highest BCUT2D eigenvalue weighted by atomic mass is 16.6. The van der Waals surface area contributed by atoms with Gasteiger partial charge in [-0.25, -0.2) is 0 Å². The monoisotopic (exact) mass is 434 g/mol. The molecule has 0 saturated carbocycles. The second kappa shape index (κ2) is 22.0. The average molecular weight is 435 g/mol. The lowest BCUT2D eigenvalue weighted by Gasteiger charge is -2.32. The molecule has 0 unspecified atom stereocenters. The quantitative estimate of drug-likeness (QED) is 0.182. The van der Waals surface area contributed by atoms with E-state index in [9.17, 15) is 20.4 Å². The number of rotatable bonds is 23. The first-order chi connectivity index (χ1) is 14.6. The van der Waals surface area contributed by atoms with E-state index >= 15 is 0 Å². The Morgan fingerprint density at radius 2 is 1.00 bits per heavy atom. The Balaban J connectivity index is 4.29. The SMILES string of the molecule is CCCCCCCCCO[C@@H]([C@H](O)[C@H](O)CO)[C@H](CO)OCCCCCCCCC. The Labute approximate surface area is 185 Å². The van der Waals surface area contributed by atoms with Gasteiger partial charge in [-0.2, -0.15) is 0 Å². The summed E-state index contributed by atoms with van der Waals surface area (Å²) in [6.07, 6.45) is 12.1. The predicted molar refractivity (Wildman–Crippen MR) is 122 cm³/mol. The Hall–Kier alpha value is -0.240. The third-order valence-corrected chi connectivity index (χ3v) is 5.60. The smallest absolute Gasteiger partial charge is 0.114 e. The largest absolute Gasteiger partial charge is 0.394 e. The van der Waals surface area contributed by atoms with Crippen LogP contribution >= 0.6 is 0 Å². The number of ether oxygens (including phenoxy) is 2. The molecule has 4 N–H and O–H groups in total. The number of aliphatic hydroxyl groups is 4. The van der Waals surface area contributed by atoms with Gasteiger partial charge >= 0.3 is 0 Å². The van der Waals surface area contributed by atoms with E-state index in [-0.39, 0.29) is 6.61 Å². The summed E-state index contributed by atoms with van der Waals surface area (Å²) >= 11 is 0. The zero-order valence-corrected chi connectivity index (χ0v) is 19.6. The van der Waals surface area contributed by atoms with Crippen LogP contribution in [0.2, 0.25) is 0 Å². The molecule has 0 aromatic rings. The fourth-order valence-corrected chi connectivity index (χ4v) is 3.58. The molecule has 0 aromatic heterocycles. The van der Waals surface area contributed by atoms with Crippen molar-refractivity contribution in [2.45, 2.75) is 128 Å². The maximum atomic E-state index is 10.4. The van der Waals surface area contributed by atoms with E-state index in [2.05, 4.69) is 13.8 Å². The van der Waals surface area contributed by atoms with Gasteiger partial charge in [0.05, 0.1) is 13.2 Å². The van der Waals surface area contributed by atoms with Crippen LogP contribution in [-0.2, 0) is 9.47 Å². The van der Waals surface area contributed by atoms with Crippen LogP contribution in [0.4, 0.5) is 0 Å². The fourth-order valence-electron chi connectivity index (χ4n) is 3.58. The van der Waals surface area contributed by atoms with Gasteiger partial charge in [-0.3, -0.25) is 0 Å². The molecular weight excluding hydrogens is 384 g/mol. The summed E-state index contributed by atoms with van der Waals surface area (Å²) in [4.78, 5) is 0. The van der Waals surface area contributed by atoms with E-state index in [1.165, 1.54) is 57.8 Å². The van der Waals surface area contributed by atoms with Gasteiger partial charge < -0.3 is 29.9 Å². The summed E-state index contributed by atoms with van der Waals surface area (Å²) in [5, 5.41) is 39.2. The van der Waals surface area contributed by atoms with Crippen molar-refractivity contribution in [2.24, 2.45) is 0 Å². The highest BCUT2D eigenvalue weighted by Gasteiger charge is 2.34. The first kappa shape index (κ1) is 29.8. The highest BCUT2D eigenvalue weighted by molar-refractivity contribution is 4.83. The third-order valence-electron chi connectivity index (χ3n) is 5.60. The van der Waals surface area contributed by atoms with Crippen LogP contribution in [0.1, 0.15) is 104 Å². The molecule has 0 radical (unpaired) electrons. The summed E-state index contributed by atoms with van der Waals surface area (Å²) in [5.74, 6) is 0. The van der Waals surface area contributed by atoms with E-state index in [4.69, 9.17) is 9.47 Å². The summed E-state index contributed by atoms with van der Waals surface area (Å²) in [6.45, 7) is 4.47. The van der Waals surface area contributed by atoms with Gasteiger partial charge in [-0.15, -0.1) is 0 Å². The third kappa shape index (κ3) is 15.5. The maximum Gasteiger partial charge on any atom is 0.114 e. The van der Waals surface area contributed by atoms with Crippen molar-refractivity contribution < 1.29 is 29.9 Å². The van der Waals surface area contributed by atoms with Crippen LogP contribution in [0.25, 0.3) is 0 Å². The Morgan fingerprint density at radius 1 is 0.567 bits per heavy atom. The van der Waals surface area contributed by atoms with Crippen LogP contribution < -0.4 is 0 Å². The Kier molecular flexibility index (Phi) is 21.8. The summed E-state index contributed by atoms with van der Waals surface area (Å²) in [6, 6.07) is 0. The van der Waals surface area contributed by atoms with Gasteiger partial charge in [-0.1, -0.05) is 90.9 Å². The van der Waals surface area contributed by atoms with Gasteiger partial charge in [0.2, 0.25) is 0 Å². The van der Waals surface area contributed by atoms with E-state index in [0.717, 1.165) is 32.1 Å². The summed E-state index contributed by atoms with van der Waals surface area (Å²) in [7, 11) is 0. The van der Waals surface area contributed by atoms with E-state index in [1.807, 2.05) is 0 Å². The normalized spacial score (nSPS) is 15.8. The van der Waals surface area contributed by atoms with Crippen LogP contribution in [0.15, 0.2) is 0 Å². The zero-order chi connectivity index (χ0) is 22.5. The second-order valence-corrected chi connectivity index (χ2v) is 8.41. The zero-order valence-electron chi connectivity index (χ0n) is 19.6. The van der Waals surface area contributed by atoms with E-state index in [1.54, 1.807) is 0 Å². The number of aliphatic hydroxyl groups excluding tert-OH is 4. The molecule has 0 saturated heterocycles. The van der Waals surface area contributed by atoms with Crippen LogP contribution in [-0.4, -0.2) is 71.3 Å². The van der Waals surface area contributed by atoms with E-state index < -0.39 is 31.0 Å². The molecule has 0 fully saturated rings. The predicted octanol–water partition coefficient (Wildman–Crippen LogP) is 3.96. The van der Waals surface area contributed by atoms with Crippen molar-refractivity contribution in [3.8, 4) is 0 Å². The van der Waals surface area contributed by atoms with Crippen LogP contribution in [0.3, 0.4) is 0 Å². The minimum atomic E-state index is -1.32. The standard InChI is InChI=1S/C24H50O6/c1-3-5-7-9-11-13-15-17-29-22(20-26)24(23(28)21(27)19-25)30-18-16-14-12-10-8-6-4-2/h21-28H,3-20H2,1-2H3/t21-,22+,23-,24-/m1/s1. The number of hydrogen-bond acceptors (Lipinski definition) is 6. The second-order valence-electron chi connectivity index (χ2n) is 8.41. The van der Waals surface area contributed by atoms with Crippen molar-refractivity contribution in [2.75, 3.05) is 26.4 Å². The van der Waals surface area contributed by atoms with Gasteiger partial charge in [0.25, 0.3) is 0 Å². The highest BCUT2D eigenvalue weighted by Crippen LogP contribution is 2.16. The van der Waals surface area contributed by atoms with Gasteiger partial charge in [0.1, 0.15) is 24.4 Å². The molecule has 182 valence electrons. The number of hydrogen-bond donors (Lipinski definition) is 4. The lowest BCUT2D eigenvalue weighted by molar-refractivity contribution is -0.164. The molecule has 6 heteroatoms. The van der Waals surface area contributed by atoms with Gasteiger partial charge in [0.15, 0.2) is 0 Å². The minimum absolute atomic E-state index is 0.298. The minimum Gasteiger partial charge on any atom is -0.394 e. The maximum absolute atomic E-state index is 10.4.